The summed E-state index contributed by atoms with van der Waals surface area (Å²) >= 11 is 4.37. The minimum Gasteiger partial charge on any atom is -0.508 e. The Morgan fingerprint density at radius 1 is 0.622 bits per heavy atom. The van der Waals surface area contributed by atoms with E-state index in [9.17, 15) is 24.3 Å². The number of fused-ring (bicyclic) bond motifs is 5. The van der Waals surface area contributed by atoms with Gasteiger partial charge in [-0.15, -0.1) is 0 Å². The SMILES string of the molecule is O=C1[C@H]2[C@H](CC=C3[C@H]2C[C@H]2C(=O)N(c4ccc(I)cc4)C(=O)[C@H]2[C@H]3c2c(O)ccc3ccccc23)C(=O)N1c1ccc(I)cc1. The van der Waals surface area contributed by atoms with Crippen molar-refractivity contribution in [3.8, 4) is 5.75 Å². The predicted octanol–water partition coefficient (Wildman–Crippen LogP) is 6.80. The molecule has 8 rings (SSSR count). The summed E-state index contributed by atoms with van der Waals surface area (Å²) in [7, 11) is 0. The van der Waals surface area contributed by atoms with Gasteiger partial charge in [-0.2, -0.15) is 0 Å². The molecule has 2 aliphatic carbocycles. The molecule has 4 aromatic rings. The minimum absolute atomic E-state index is 0.0448. The second-order valence-corrected chi connectivity index (χ2v) is 14.7. The van der Waals surface area contributed by atoms with E-state index in [0.717, 1.165) is 23.5 Å². The highest BCUT2D eigenvalue weighted by atomic mass is 127. The first-order valence-corrected chi connectivity index (χ1v) is 17.1. The van der Waals surface area contributed by atoms with Gasteiger partial charge in [0.15, 0.2) is 0 Å². The number of allylic oxidation sites excluding steroid dienone is 2. The quantitative estimate of drug-likeness (QED) is 0.140. The van der Waals surface area contributed by atoms with Crippen LogP contribution >= 0.6 is 45.2 Å². The fraction of sp³-hybridized carbons (Fsp3) is 0.222. The number of nitrogens with zero attached hydrogens (tertiary/aromatic N) is 2. The number of anilines is 2. The third kappa shape index (κ3) is 4.33. The lowest BCUT2D eigenvalue weighted by atomic mass is 9.56. The third-order valence-electron chi connectivity index (χ3n) is 10.1. The summed E-state index contributed by atoms with van der Waals surface area (Å²) in [6.45, 7) is 0. The van der Waals surface area contributed by atoms with Gasteiger partial charge in [-0.3, -0.25) is 29.0 Å². The number of hydrogen-bond donors (Lipinski definition) is 1. The van der Waals surface area contributed by atoms with E-state index in [1.54, 1.807) is 30.3 Å². The van der Waals surface area contributed by atoms with Crippen LogP contribution < -0.4 is 9.80 Å². The maximum absolute atomic E-state index is 14.4. The molecule has 4 aromatic carbocycles. The first-order chi connectivity index (χ1) is 21.7. The first kappa shape index (κ1) is 28.9. The molecule has 2 saturated heterocycles. The van der Waals surface area contributed by atoms with Crippen LogP contribution in [0, 0.1) is 36.7 Å². The molecule has 9 heteroatoms. The van der Waals surface area contributed by atoms with Crippen LogP contribution in [-0.2, 0) is 19.2 Å². The van der Waals surface area contributed by atoms with Crippen molar-refractivity contribution in [3.63, 3.8) is 0 Å². The Morgan fingerprint density at radius 3 is 1.84 bits per heavy atom. The summed E-state index contributed by atoms with van der Waals surface area (Å²) in [5.41, 5.74) is 2.50. The Balaban J connectivity index is 1.29. The molecule has 0 bridgehead atoms. The fourth-order valence-corrected chi connectivity index (χ4v) is 8.93. The van der Waals surface area contributed by atoms with Gasteiger partial charge >= 0.3 is 0 Å². The molecule has 0 unspecified atom stereocenters. The lowest BCUT2D eigenvalue weighted by Crippen LogP contribution is -2.43. The molecule has 4 aliphatic rings. The minimum atomic E-state index is -0.757. The van der Waals surface area contributed by atoms with Gasteiger partial charge in [-0.25, -0.2) is 0 Å². The molecule has 0 aromatic heterocycles. The van der Waals surface area contributed by atoms with Crippen LogP contribution in [0.3, 0.4) is 0 Å². The molecular formula is C36H26I2N2O5. The van der Waals surface area contributed by atoms with Crippen molar-refractivity contribution in [1.29, 1.82) is 0 Å². The van der Waals surface area contributed by atoms with Gasteiger partial charge in [-0.05, 0) is 129 Å². The number of phenols is 1. The number of phenolic OH excluding ortho intramolecular Hbond substituents is 1. The van der Waals surface area contributed by atoms with Gasteiger partial charge in [-0.1, -0.05) is 42.0 Å². The van der Waals surface area contributed by atoms with Gasteiger partial charge in [0.25, 0.3) is 0 Å². The second-order valence-electron chi connectivity index (χ2n) is 12.2. The molecule has 0 radical (unpaired) electrons. The average molecular weight is 820 g/mol. The zero-order valence-electron chi connectivity index (χ0n) is 23.8. The van der Waals surface area contributed by atoms with Crippen LogP contribution in [0.15, 0.2) is 96.6 Å². The molecular weight excluding hydrogens is 794 g/mol. The summed E-state index contributed by atoms with van der Waals surface area (Å²) in [4.78, 5) is 59.3. The van der Waals surface area contributed by atoms with Crippen LogP contribution in [0.2, 0.25) is 0 Å². The molecule has 45 heavy (non-hydrogen) atoms. The molecule has 1 N–H and O–H groups in total. The van der Waals surface area contributed by atoms with Crippen LogP contribution in [0.4, 0.5) is 11.4 Å². The highest BCUT2D eigenvalue weighted by Crippen LogP contribution is 2.60. The van der Waals surface area contributed by atoms with Crippen molar-refractivity contribution in [3.05, 3.63) is 109 Å². The van der Waals surface area contributed by atoms with E-state index in [-0.39, 0.29) is 35.8 Å². The predicted molar refractivity (Wildman–Crippen MR) is 186 cm³/mol. The van der Waals surface area contributed by atoms with E-state index in [1.165, 1.54) is 9.80 Å². The van der Waals surface area contributed by atoms with Crippen molar-refractivity contribution in [1.82, 2.24) is 0 Å². The lowest BCUT2D eigenvalue weighted by molar-refractivity contribution is -0.126. The number of halogens is 2. The number of amides is 4. The maximum atomic E-state index is 14.4. The van der Waals surface area contributed by atoms with Crippen molar-refractivity contribution < 1.29 is 24.3 Å². The topological polar surface area (TPSA) is 95.0 Å². The van der Waals surface area contributed by atoms with Gasteiger partial charge in [0.05, 0.1) is 35.0 Å². The number of aromatic hydroxyl groups is 1. The maximum Gasteiger partial charge on any atom is 0.238 e. The molecule has 4 amide bonds. The summed E-state index contributed by atoms with van der Waals surface area (Å²) in [5, 5.41) is 13.2. The van der Waals surface area contributed by atoms with E-state index < -0.39 is 35.5 Å². The Hall–Kier alpha value is -3.58. The fourth-order valence-electron chi connectivity index (χ4n) is 8.21. The van der Waals surface area contributed by atoms with Crippen LogP contribution in [0.25, 0.3) is 10.8 Å². The zero-order chi connectivity index (χ0) is 31.1. The largest absolute Gasteiger partial charge is 0.508 e. The Kier molecular flexibility index (Phi) is 6.90. The van der Waals surface area contributed by atoms with Crippen LogP contribution in [0.5, 0.6) is 5.75 Å². The summed E-state index contributed by atoms with van der Waals surface area (Å²) in [6.07, 6.45) is 2.65. The van der Waals surface area contributed by atoms with Gasteiger partial charge in [0.1, 0.15) is 5.75 Å². The third-order valence-corrected chi connectivity index (χ3v) is 11.5. The van der Waals surface area contributed by atoms with E-state index in [1.807, 2.05) is 60.7 Å². The van der Waals surface area contributed by atoms with Crippen molar-refractivity contribution >= 4 is 91.0 Å². The van der Waals surface area contributed by atoms with E-state index in [4.69, 9.17) is 0 Å². The second kappa shape index (κ2) is 10.8. The van der Waals surface area contributed by atoms with Crippen LogP contribution in [-0.4, -0.2) is 28.7 Å². The standard InChI is InChI=1S/C36H26I2N2O5/c37-19-6-10-21(11-7-19)39-33(42)25-15-14-24-26(29(25)35(39)44)17-27-32(36(45)40(34(27)43)22-12-8-20(38)9-13-22)31(24)30-23-4-2-1-3-18(23)5-16-28(30)41/h1-14,16,25-27,29,31-32,41H,15,17H2/t25-,26+,27+,29-,31+,32+/m0/s1. The normalized spacial score (nSPS) is 27.5. The molecule has 224 valence electrons. The number of carbonyl (C=O) groups is 4. The smallest absolute Gasteiger partial charge is 0.238 e. The molecule has 3 fully saturated rings. The highest BCUT2D eigenvalue weighted by Gasteiger charge is 2.62. The number of hydrogen-bond acceptors (Lipinski definition) is 5. The molecule has 0 spiro atoms. The molecule has 6 atom stereocenters. The summed E-state index contributed by atoms with van der Waals surface area (Å²) < 4.78 is 1.98. The van der Waals surface area contributed by atoms with Crippen LogP contribution in [0.1, 0.15) is 24.3 Å². The summed E-state index contributed by atoms with van der Waals surface area (Å²) in [5.74, 6) is -4.83. The molecule has 2 heterocycles. The Labute approximate surface area is 286 Å². The zero-order valence-corrected chi connectivity index (χ0v) is 28.1. The number of imide groups is 2. The first-order valence-electron chi connectivity index (χ1n) is 14.9. The molecule has 2 aliphatic heterocycles. The van der Waals surface area contributed by atoms with Crippen molar-refractivity contribution in [2.75, 3.05) is 9.80 Å². The Bertz CT molecular complexity index is 1970. The highest BCUT2D eigenvalue weighted by molar-refractivity contribution is 14.1. The Morgan fingerprint density at radius 2 is 1.20 bits per heavy atom. The van der Waals surface area contributed by atoms with E-state index in [2.05, 4.69) is 45.2 Å². The van der Waals surface area contributed by atoms with Gasteiger partial charge in [0.2, 0.25) is 23.6 Å². The van der Waals surface area contributed by atoms with Crippen molar-refractivity contribution in [2.45, 2.75) is 18.8 Å². The van der Waals surface area contributed by atoms with Gasteiger partial charge in [0, 0.05) is 18.6 Å². The van der Waals surface area contributed by atoms with E-state index >= 15 is 0 Å². The van der Waals surface area contributed by atoms with Crippen molar-refractivity contribution in [2.24, 2.45) is 29.6 Å². The number of rotatable bonds is 3. The average Bonchev–Trinajstić information content (AvgIpc) is 3.45. The lowest BCUT2D eigenvalue weighted by Gasteiger charge is -2.44. The number of benzene rings is 4. The van der Waals surface area contributed by atoms with Gasteiger partial charge < -0.3 is 5.11 Å². The number of carbonyl (C=O) groups excluding carboxylic acids is 4. The molecule has 7 nitrogen and oxygen atoms in total. The monoisotopic (exact) mass is 820 g/mol. The summed E-state index contributed by atoms with van der Waals surface area (Å²) in [6, 6.07) is 25.8. The molecule has 1 saturated carbocycles. The van der Waals surface area contributed by atoms with E-state index in [0.29, 0.717) is 23.4 Å².